The summed E-state index contributed by atoms with van der Waals surface area (Å²) < 4.78 is 12.9. The molecule has 0 aromatic heterocycles. The van der Waals surface area contributed by atoms with Gasteiger partial charge >= 0.3 is 0 Å². The van der Waals surface area contributed by atoms with Gasteiger partial charge < -0.3 is 0 Å². The van der Waals surface area contributed by atoms with Gasteiger partial charge in [-0.15, -0.1) is 0 Å². The molecule has 0 bridgehead atoms. The number of carbonyl (C=O) groups is 1. The van der Waals surface area contributed by atoms with Crippen LogP contribution in [0.2, 0.25) is 5.02 Å². The minimum atomic E-state index is -0.396. The van der Waals surface area contributed by atoms with Crippen LogP contribution in [-0.2, 0) is 6.42 Å². The third-order valence-electron chi connectivity index (χ3n) is 2.81. The summed E-state index contributed by atoms with van der Waals surface area (Å²) in [5.41, 5.74) is 2.25. The molecule has 0 aliphatic heterocycles. The molecule has 0 radical (unpaired) electrons. The molecule has 2 aromatic carbocycles. The van der Waals surface area contributed by atoms with Gasteiger partial charge in [0.05, 0.1) is 0 Å². The fourth-order valence-corrected chi connectivity index (χ4v) is 2.05. The maximum absolute atomic E-state index is 12.9. The van der Waals surface area contributed by atoms with E-state index in [4.69, 9.17) is 11.6 Å². The van der Waals surface area contributed by atoms with Gasteiger partial charge in [-0.2, -0.15) is 0 Å². The lowest BCUT2D eigenvalue weighted by molar-refractivity contribution is 0.0992. The standard InChI is InChI=1S/C15H12ClFO/c1-10-4-2-3-5-13(10)15(18)8-11-6-7-12(17)9-14(11)16/h2-7,9H,8H2,1H3. The zero-order chi connectivity index (χ0) is 13.1. The number of carbonyl (C=O) groups excluding carboxylic acids is 1. The van der Waals surface area contributed by atoms with Gasteiger partial charge in [-0.1, -0.05) is 41.9 Å². The third kappa shape index (κ3) is 2.77. The Hall–Kier alpha value is -1.67. The number of Topliss-reactive ketones (excluding diaryl/α,β-unsaturated/α-hetero) is 1. The Morgan fingerprint density at radius 3 is 2.61 bits per heavy atom. The Morgan fingerprint density at radius 2 is 1.94 bits per heavy atom. The van der Waals surface area contributed by atoms with Crippen molar-refractivity contribution in [1.29, 1.82) is 0 Å². The van der Waals surface area contributed by atoms with E-state index in [-0.39, 0.29) is 17.2 Å². The molecule has 0 aliphatic carbocycles. The largest absolute Gasteiger partial charge is 0.294 e. The minimum absolute atomic E-state index is 0.0124. The molecule has 0 unspecified atom stereocenters. The molecule has 0 fully saturated rings. The van der Waals surface area contributed by atoms with Crippen molar-refractivity contribution >= 4 is 17.4 Å². The molecule has 0 spiro atoms. The van der Waals surface area contributed by atoms with Crippen molar-refractivity contribution in [1.82, 2.24) is 0 Å². The highest BCUT2D eigenvalue weighted by atomic mass is 35.5. The molecule has 0 heterocycles. The molecular weight excluding hydrogens is 251 g/mol. The van der Waals surface area contributed by atoms with Crippen LogP contribution in [0.25, 0.3) is 0 Å². The van der Waals surface area contributed by atoms with Crippen molar-refractivity contribution in [3.63, 3.8) is 0 Å². The zero-order valence-electron chi connectivity index (χ0n) is 9.91. The van der Waals surface area contributed by atoms with Gasteiger partial charge in [-0.25, -0.2) is 4.39 Å². The first-order valence-corrected chi connectivity index (χ1v) is 5.98. The summed E-state index contributed by atoms with van der Waals surface area (Å²) in [5.74, 6) is -0.409. The van der Waals surface area contributed by atoms with Crippen molar-refractivity contribution in [2.24, 2.45) is 0 Å². The number of ketones is 1. The molecule has 0 amide bonds. The average Bonchev–Trinajstić information content (AvgIpc) is 2.33. The summed E-state index contributed by atoms with van der Waals surface area (Å²) in [6.07, 6.45) is 0.184. The Morgan fingerprint density at radius 1 is 1.22 bits per heavy atom. The number of aryl methyl sites for hydroxylation is 1. The number of hydrogen-bond acceptors (Lipinski definition) is 1. The van der Waals surface area contributed by atoms with Crippen molar-refractivity contribution < 1.29 is 9.18 Å². The normalized spacial score (nSPS) is 10.4. The Balaban J connectivity index is 2.24. The van der Waals surface area contributed by atoms with E-state index in [1.54, 1.807) is 12.1 Å². The Bertz CT molecular complexity index is 593. The lowest BCUT2D eigenvalue weighted by Crippen LogP contribution is -2.06. The second kappa shape index (κ2) is 5.32. The summed E-state index contributed by atoms with van der Waals surface area (Å²) in [6.45, 7) is 1.89. The predicted molar refractivity (Wildman–Crippen MR) is 70.6 cm³/mol. The molecule has 0 aliphatic rings. The van der Waals surface area contributed by atoms with Gasteiger partial charge in [-0.3, -0.25) is 4.79 Å². The molecule has 0 saturated heterocycles. The lowest BCUT2D eigenvalue weighted by Gasteiger charge is -2.06. The van der Waals surface area contributed by atoms with Crippen LogP contribution in [0, 0.1) is 12.7 Å². The van der Waals surface area contributed by atoms with Crippen molar-refractivity contribution in [3.8, 4) is 0 Å². The number of hydrogen-bond donors (Lipinski definition) is 0. The highest BCUT2D eigenvalue weighted by Crippen LogP contribution is 2.20. The molecule has 92 valence electrons. The zero-order valence-corrected chi connectivity index (χ0v) is 10.7. The molecule has 0 N–H and O–H groups in total. The average molecular weight is 263 g/mol. The van der Waals surface area contributed by atoms with E-state index < -0.39 is 5.82 Å². The van der Waals surface area contributed by atoms with Crippen LogP contribution in [0.15, 0.2) is 42.5 Å². The Labute approximate surface area is 110 Å². The fourth-order valence-electron chi connectivity index (χ4n) is 1.82. The van der Waals surface area contributed by atoms with Crippen molar-refractivity contribution in [3.05, 3.63) is 70.0 Å². The second-order valence-corrected chi connectivity index (χ2v) is 4.56. The number of rotatable bonds is 3. The van der Waals surface area contributed by atoms with Crippen LogP contribution in [0.4, 0.5) is 4.39 Å². The fraction of sp³-hybridized carbons (Fsp3) is 0.133. The molecular formula is C15H12ClFO. The first kappa shape index (κ1) is 12.8. The highest BCUT2D eigenvalue weighted by molar-refractivity contribution is 6.31. The van der Waals surface area contributed by atoms with Gasteiger partial charge in [0.15, 0.2) is 5.78 Å². The van der Waals surface area contributed by atoms with Crippen molar-refractivity contribution in [2.45, 2.75) is 13.3 Å². The molecule has 0 saturated carbocycles. The van der Waals surface area contributed by atoms with E-state index in [9.17, 15) is 9.18 Å². The van der Waals surface area contributed by atoms with Crippen molar-refractivity contribution in [2.75, 3.05) is 0 Å². The third-order valence-corrected chi connectivity index (χ3v) is 3.16. The van der Waals surface area contributed by atoms with E-state index in [0.717, 1.165) is 5.56 Å². The second-order valence-electron chi connectivity index (χ2n) is 4.15. The van der Waals surface area contributed by atoms with Crippen LogP contribution >= 0.6 is 11.6 Å². The summed E-state index contributed by atoms with van der Waals surface area (Å²) >= 11 is 5.91. The predicted octanol–water partition coefficient (Wildman–Crippen LogP) is 4.21. The lowest BCUT2D eigenvalue weighted by atomic mass is 9.99. The SMILES string of the molecule is Cc1ccccc1C(=O)Cc1ccc(F)cc1Cl. The monoisotopic (exact) mass is 262 g/mol. The Kier molecular flexibility index (Phi) is 3.78. The summed E-state index contributed by atoms with van der Waals surface area (Å²) in [4.78, 5) is 12.1. The van der Waals surface area contributed by atoms with E-state index in [1.807, 2.05) is 25.1 Å². The maximum Gasteiger partial charge on any atom is 0.167 e. The maximum atomic E-state index is 12.9. The van der Waals surface area contributed by atoms with Crippen LogP contribution in [0.5, 0.6) is 0 Å². The van der Waals surface area contributed by atoms with Gasteiger partial charge in [-0.05, 0) is 30.2 Å². The van der Waals surface area contributed by atoms with E-state index in [2.05, 4.69) is 0 Å². The van der Waals surface area contributed by atoms with Crippen LogP contribution < -0.4 is 0 Å². The van der Waals surface area contributed by atoms with Crippen LogP contribution in [0.3, 0.4) is 0 Å². The van der Waals surface area contributed by atoms with Crippen LogP contribution in [-0.4, -0.2) is 5.78 Å². The molecule has 0 atom stereocenters. The number of benzene rings is 2. The first-order valence-electron chi connectivity index (χ1n) is 5.60. The topological polar surface area (TPSA) is 17.1 Å². The van der Waals surface area contributed by atoms with Gasteiger partial charge in [0.1, 0.15) is 5.82 Å². The number of halogens is 2. The first-order chi connectivity index (χ1) is 8.58. The van der Waals surface area contributed by atoms with E-state index in [1.165, 1.54) is 12.1 Å². The minimum Gasteiger partial charge on any atom is -0.294 e. The summed E-state index contributed by atoms with van der Waals surface area (Å²) in [5, 5.41) is 0.289. The molecule has 1 nitrogen and oxygen atoms in total. The van der Waals surface area contributed by atoms with Gasteiger partial charge in [0, 0.05) is 17.0 Å². The smallest absolute Gasteiger partial charge is 0.167 e. The molecule has 3 heteroatoms. The molecule has 2 aromatic rings. The van der Waals surface area contributed by atoms with E-state index >= 15 is 0 Å². The molecule has 18 heavy (non-hydrogen) atoms. The molecule has 2 rings (SSSR count). The summed E-state index contributed by atoms with van der Waals surface area (Å²) in [6, 6.07) is 11.5. The van der Waals surface area contributed by atoms with Crippen LogP contribution in [0.1, 0.15) is 21.5 Å². The summed E-state index contributed by atoms with van der Waals surface area (Å²) in [7, 11) is 0. The highest BCUT2D eigenvalue weighted by Gasteiger charge is 2.11. The van der Waals surface area contributed by atoms with E-state index in [0.29, 0.717) is 11.1 Å². The quantitative estimate of drug-likeness (QED) is 0.757. The van der Waals surface area contributed by atoms with Gasteiger partial charge in [0.2, 0.25) is 0 Å². The van der Waals surface area contributed by atoms with Gasteiger partial charge in [0.25, 0.3) is 0 Å².